The molecule has 2 aromatic carbocycles. The Morgan fingerprint density at radius 3 is 2.35 bits per heavy atom. The monoisotopic (exact) mass is 609 g/mol. The molecule has 1 aliphatic rings. The Bertz CT molecular complexity index is 2010. The van der Waals surface area contributed by atoms with E-state index >= 15 is 0 Å². The molecule has 12 nitrogen and oxygen atoms in total. The van der Waals surface area contributed by atoms with Crippen molar-refractivity contribution < 1.29 is 17.4 Å². The van der Waals surface area contributed by atoms with Crippen molar-refractivity contribution in [3.8, 4) is 0 Å². The predicted octanol–water partition coefficient (Wildman–Crippen LogP) is 3.09. The molecule has 43 heavy (non-hydrogen) atoms. The Balaban J connectivity index is 0.000000283. The van der Waals surface area contributed by atoms with E-state index in [-0.39, 0.29) is 17.0 Å². The van der Waals surface area contributed by atoms with Crippen LogP contribution in [0.1, 0.15) is 35.5 Å². The summed E-state index contributed by atoms with van der Waals surface area (Å²) in [5.41, 5.74) is 2.36. The van der Waals surface area contributed by atoms with Gasteiger partial charge in [-0.05, 0) is 49.4 Å². The molecule has 3 heterocycles. The number of fused-ring (bicyclic) bond motifs is 1. The van der Waals surface area contributed by atoms with E-state index in [1.54, 1.807) is 29.8 Å². The molecule has 0 saturated heterocycles. The van der Waals surface area contributed by atoms with Gasteiger partial charge in [0.2, 0.25) is 0 Å². The average molecular weight is 610 g/mol. The van der Waals surface area contributed by atoms with Crippen molar-refractivity contribution in [3.05, 3.63) is 104 Å². The number of H-pyrrole nitrogens is 1. The second kappa shape index (κ2) is 12.0. The fraction of sp³-hybridized carbons (Fsp3) is 0.310. The molecule has 5 aromatic rings. The lowest BCUT2D eigenvalue weighted by molar-refractivity contribution is 0.482. The lowest BCUT2D eigenvalue weighted by atomic mass is 10.1. The molecule has 14 heteroatoms. The van der Waals surface area contributed by atoms with Gasteiger partial charge >= 0.3 is 5.69 Å². The minimum atomic E-state index is -4.10. The maximum absolute atomic E-state index is 14.2. The van der Waals surface area contributed by atoms with Crippen LogP contribution in [-0.4, -0.2) is 48.9 Å². The zero-order valence-electron chi connectivity index (χ0n) is 23.9. The fourth-order valence-electron chi connectivity index (χ4n) is 4.77. The molecule has 1 aliphatic carbocycles. The van der Waals surface area contributed by atoms with Crippen LogP contribution in [0.2, 0.25) is 0 Å². The molecule has 226 valence electrons. The largest absolute Gasteiger partial charge is 0.388 e. The van der Waals surface area contributed by atoms with Gasteiger partial charge in [-0.25, -0.2) is 14.2 Å². The van der Waals surface area contributed by atoms with Crippen molar-refractivity contribution in [1.82, 2.24) is 28.9 Å². The summed E-state index contributed by atoms with van der Waals surface area (Å²) in [7, 11) is -0.650. The predicted molar refractivity (Wildman–Crippen MR) is 159 cm³/mol. The summed E-state index contributed by atoms with van der Waals surface area (Å²) in [6.45, 7) is 1.90. The molecule has 3 aromatic heterocycles. The number of aryl methyl sites for hydroxylation is 2. The van der Waals surface area contributed by atoms with Gasteiger partial charge in [0.15, 0.2) is 5.65 Å². The molecule has 0 radical (unpaired) electrons. The average Bonchev–Trinajstić information content (AvgIpc) is 3.58. The van der Waals surface area contributed by atoms with Gasteiger partial charge in [0.1, 0.15) is 22.1 Å². The first kappa shape index (κ1) is 29.9. The van der Waals surface area contributed by atoms with Crippen LogP contribution in [0.4, 0.5) is 10.1 Å². The summed E-state index contributed by atoms with van der Waals surface area (Å²) < 4.78 is 48.0. The molecule has 1 saturated carbocycles. The zero-order chi connectivity index (χ0) is 30.9. The number of benzene rings is 2. The van der Waals surface area contributed by atoms with Crippen LogP contribution >= 0.6 is 0 Å². The number of rotatable bonds is 8. The molecule has 1 fully saturated rings. The van der Waals surface area contributed by atoms with Gasteiger partial charge in [-0.3, -0.25) is 23.2 Å². The minimum Gasteiger partial charge on any atom is -0.388 e. The highest BCUT2D eigenvalue weighted by Crippen LogP contribution is 2.30. The molecular weight excluding hydrogens is 577 g/mol. The fourth-order valence-corrected chi connectivity index (χ4v) is 5.47. The number of hydrogen-bond acceptors (Lipinski definition) is 7. The number of aromatic nitrogens is 6. The topological polar surface area (TPSA) is 157 Å². The number of aromatic amines is 1. The quantitative estimate of drug-likeness (QED) is 0.227. The number of halogens is 1. The van der Waals surface area contributed by atoms with Crippen molar-refractivity contribution in [1.29, 1.82) is 0 Å². The molecule has 3 N–H and O–H groups in total. The smallest absolute Gasteiger partial charge is 0.333 e. The van der Waals surface area contributed by atoms with E-state index in [9.17, 15) is 22.4 Å². The first-order valence-corrected chi connectivity index (χ1v) is 15.1. The standard InChI is InChI=1S/C24H24FN5O2.C5H8N2O3S/c1-26-18-10-8-15(9-11-18)12-20-27-21-22(28-20)29(13-16-6-7-16)24(32)30(23(21)31)14-17-4-2-3-5-19(17)25;1-4-5(11(8,9)10)3-7(2)6-4/h2-5,8-11,16,26H,6-7,12-14H2,1H3,(H,27,28);3H,1-2H3,(H,8,9,10). The molecule has 0 atom stereocenters. The maximum atomic E-state index is 14.2. The van der Waals surface area contributed by atoms with Crippen LogP contribution in [0.25, 0.3) is 11.2 Å². The number of anilines is 1. The molecule has 0 amide bonds. The third kappa shape index (κ3) is 6.75. The summed E-state index contributed by atoms with van der Waals surface area (Å²) in [5, 5.41) is 6.84. The van der Waals surface area contributed by atoms with Crippen LogP contribution in [0.5, 0.6) is 0 Å². The van der Waals surface area contributed by atoms with Crippen molar-refractivity contribution in [2.24, 2.45) is 13.0 Å². The van der Waals surface area contributed by atoms with Crippen molar-refractivity contribution in [3.63, 3.8) is 0 Å². The SMILES string of the molecule is CNc1ccc(Cc2nc3c([nH]2)c(=O)n(Cc2ccccc2F)c(=O)n3CC2CC2)cc1.Cc1nn(C)cc1S(=O)(=O)O. The Labute approximate surface area is 246 Å². The minimum absolute atomic E-state index is 0.120. The normalized spacial score (nSPS) is 13.1. The number of nitrogens with zero attached hydrogens (tertiary/aromatic N) is 5. The van der Waals surface area contributed by atoms with Crippen molar-refractivity contribution >= 4 is 27.0 Å². The second-order valence-corrected chi connectivity index (χ2v) is 11.9. The summed E-state index contributed by atoms with van der Waals surface area (Å²) >= 11 is 0. The highest BCUT2D eigenvalue weighted by atomic mass is 32.2. The number of hydrogen-bond donors (Lipinski definition) is 3. The maximum Gasteiger partial charge on any atom is 0.333 e. The van der Waals surface area contributed by atoms with Crippen LogP contribution in [0.3, 0.4) is 0 Å². The third-order valence-electron chi connectivity index (χ3n) is 7.19. The zero-order valence-corrected chi connectivity index (χ0v) is 24.7. The lowest BCUT2D eigenvalue weighted by Crippen LogP contribution is -2.40. The lowest BCUT2D eigenvalue weighted by Gasteiger charge is -2.11. The number of nitrogens with one attached hydrogen (secondary N) is 2. The van der Waals surface area contributed by atoms with Gasteiger partial charge in [0, 0.05) is 44.5 Å². The Morgan fingerprint density at radius 2 is 1.79 bits per heavy atom. The number of imidazole rings is 1. The summed E-state index contributed by atoms with van der Waals surface area (Å²) in [5.74, 6) is 0.578. The molecule has 0 unspecified atom stereocenters. The molecular formula is C29H32FN7O5S. The van der Waals surface area contributed by atoms with Gasteiger partial charge in [-0.1, -0.05) is 30.3 Å². The Hall–Kier alpha value is -4.56. The first-order valence-electron chi connectivity index (χ1n) is 13.6. The highest BCUT2D eigenvalue weighted by Gasteiger charge is 2.26. The van der Waals surface area contributed by atoms with E-state index in [2.05, 4.69) is 20.4 Å². The van der Waals surface area contributed by atoms with Crippen LogP contribution in [0, 0.1) is 18.7 Å². The third-order valence-corrected chi connectivity index (χ3v) is 8.15. The van der Waals surface area contributed by atoms with Crippen molar-refractivity contribution in [2.75, 3.05) is 12.4 Å². The van der Waals surface area contributed by atoms with Crippen LogP contribution in [0.15, 0.2) is 69.2 Å². The van der Waals surface area contributed by atoms with Gasteiger partial charge in [-0.15, -0.1) is 0 Å². The van der Waals surface area contributed by atoms with Gasteiger partial charge < -0.3 is 10.3 Å². The molecule has 0 aliphatic heterocycles. The van der Waals surface area contributed by atoms with E-state index in [0.717, 1.165) is 28.7 Å². The molecule has 6 rings (SSSR count). The van der Waals surface area contributed by atoms with Crippen molar-refractivity contribution in [2.45, 2.75) is 44.2 Å². The van der Waals surface area contributed by atoms with Gasteiger partial charge in [-0.2, -0.15) is 13.5 Å². The Kier molecular flexibility index (Phi) is 8.33. The second-order valence-electron chi connectivity index (χ2n) is 10.6. The first-order chi connectivity index (χ1) is 20.4. The summed E-state index contributed by atoms with van der Waals surface area (Å²) in [6.07, 6.45) is 3.86. The Morgan fingerprint density at radius 1 is 1.09 bits per heavy atom. The van der Waals surface area contributed by atoms with E-state index in [1.807, 2.05) is 31.3 Å². The van der Waals surface area contributed by atoms with Crippen LogP contribution < -0.4 is 16.6 Å². The van der Waals surface area contributed by atoms with E-state index < -0.39 is 27.2 Å². The molecule has 0 bridgehead atoms. The molecule has 0 spiro atoms. The van der Waals surface area contributed by atoms with Crippen LogP contribution in [-0.2, 0) is 36.7 Å². The van der Waals surface area contributed by atoms with Gasteiger partial charge in [0.05, 0.1) is 12.2 Å². The van der Waals surface area contributed by atoms with E-state index in [4.69, 9.17) is 4.55 Å². The van der Waals surface area contributed by atoms with Gasteiger partial charge in [0.25, 0.3) is 15.7 Å². The summed E-state index contributed by atoms with van der Waals surface area (Å²) in [6, 6.07) is 14.1. The van der Waals surface area contributed by atoms with E-state index in [1.165, 1.54) is 23.9 Å². The highest BCUT2D eigenvalue weighted by molar-refractivity contribution is 7.85. The van der Waals surface area contributed by atoms with E-state index in [0.29, 0.717) is 41.6 Å². The summed E-state index contributed by atoms with van der Waals surface area (Å²) in [4.78, 5) is 34.1.